The maximum atomic E-state index is 15.6. The molecule has 5 aromatic carbocycles. The van der Waals surface area contributed by atoms with Crippen LogP contribution >= 0.6 is 47.1 Å². The van der Waals surface area contributed by atoms with Crippen molar-refractivity contribution in [3.63, 3.8) is 0 Å². The summed E-state index contributed by atoms with van der Waals surface area (Å²) in [4.78, 5) is 7.33. The van der Waals surface area contributed by atoms with Crippen LogP contribution in [0.2, 0.25) is 5.02 Å². The molecule has 0 aliphatic carbocycles. The van der Waals surface area contributed by atoms with Crippen molar-refractivity contribution >= 4 is 69.8 Å². The smallest absolute Gasteiger partial charge is 0.404 e. The van der Waals surface area contributed by atoms with Crippen molar-refractivity contribution in [1.29, 1.82) is 0 Å². The summed E-state index contributed by atoms with van der Waals surface area (Å²) in [6.07, 6.45) is -2.75. The van der Waals surface area contributed by atoms with Crippen LogP contribution in [0, 0.1) is 12.7 Å². The molecule has 0 spiro atoms. The zero-order valence-corrected chi connectivity index (χ0v) is 36.9. The zero-order valence-electron chi connectivity index (χ0n) is 33.7. The highest BCUT2D eigenvalue weighted by Gasteiger charge is 2.32. The van der Waals surface area contributed by atoms with E-state index in [4.69, 9.17) is 11.6 Å². The molecule has 1 saturated heterocycles. The van der Waals surface area contributed by atoms with Gasteiger partial charge in [0, 0.05) is 92.5 Å². The monoisotopic (exact) mass is 891 g/mol. The van der Waals surface area contributed by atoms with Gasteiger partial charge in [-0.3, -0.25) is 0 Å². The zero-order chi connectivity index (χ0) is 42.4. The third-order valence-electron chi connectivity index (χ3n) is 10.2. The van der Waals surface area contributed by atoms with E-state index in [9.17, 15) is 13.2 Å². The molecule has 1 aliphatic rings. The van der Waals surface area contributed by atoms with E-state index in [2.05, 4.69) is 62.2 Å². The molecule has 2 heterocycles. The molecular formula is C46H46ClF4N5OS3. The lowest BCUT2D eigenvalue weighted by atomic mass is 9.99. The molecule has 314 valence electrons. The Bertz CT molecular complexity index is 2370. The van der Waals surface area contributed by atoms with E-state index in [0.29, 0.717) is 35.3 Å². The number of thioether (sulfide) groups is 2. The molecule has 14 heteroatoms. The van der Waals surface area contributed by atoms with Crippen LogP contribution in [0.3, 0.4) is 0 Å². The van der Waals surface area contributed by atoms with E-state index >= 15 is 4.39 Å². The molecule has 7 rings (SSSR count). The molecule has 2 N–H and O–H groups in total. The van der Waals surface area contributed by atoms with Gasteiger partial charge in [-0.25, -0.2) is 4.39 Å². The van der Waals surface area contributed by atoms with Gasteiger partial charge in [-0.1, -0.05) is 41.9 Å². The topological polar surface area (TPSA) is 44.7 Å². The van der Waals surface area contributed by atoms with Crippen LogP contribution in [0.1, 0.15) is 25.6 Å². The number of nitrogens with one attached hydrogen (secondary N) is 2. The summed E-state index contributed by atoms with van der Waals surface area (Å²) >= 11 is 10.8. The number of rotatable bonds is 15. The van der Waals surface area contributed by atoms with E-state index < -0.39 is 6.36 Å². The van der Waals surface area contributed by atoms with E-state index in [1.54, 1.807) is 47.8 Å². The van der Waals surface area contributed by atoms with Crippen molar-refractivity contribution in [1.82, 2.24) is 4.57 Å². The van der Waals surface area contributed by atoms with Gasteiger partial charge in [0.2, 0.25) is 0 Å². The Hall–Kier alpha value is -4.56. The molecule has 0 atom stereocenters. The molecule has 60 heavy (non-hydrogen) atoms. The average molecular weight is 893 g/mol. The van der Waals surface area contributed by atoms with Crippen molar-refractivity contribution in [3.8, 4) is 28.1 Å². The normalized spacial score (nSPS) is 13.2. The van der Waals surface area contributed by atoms with Crippen molar-refractivity contribution < 1.29 is 22.3 Å². The molecule has 0 saturated carbocycles. The highest BCUT2D eigenvalue weighted by molar-refractivity contribution is 8.00. The summed E-state index contributed by atoms with van der Waals surface area (Å²) in [6, 6.07) is 36.0. The number of alkyl halides is 3. The lowest BCUT2D eigenvalue weighted by molar-refractivity contribution is -0.274. The number of halogens is 5. The van der Waals surface area contributed by atoms with Crippen LogP contribution in [-0.2, 0) is 0 Å². The number of aromatic nitrogens is 1. The summed E-state index contributed by atoms with van der Waals surface area (Å²) in [7, 11) is 0. The average Bonchev–Trinajstić information content (AvgIpc) is 3.54. The molecule has 1 aromatic heterocycles. The van der Waals surface area contributed by atoms with Gasteiger partial charge >= 0.3 is 6.36 Å². The fraction of sp³-hybridized carbons (Fsp3) is 0.261. The lowest BCUT2D eigenvalue weighted by Gasteiger charge is -2.37. The second kappa shape index (κ2) is 19.4. The highest BCUT2D eigenvalue weighted by atomic mass is 35.5. The van der Waals surface area contributed by atoms with E-state index in [1.807, 2.05) is 78.9 Å². The SMILES string of the molecule is CSc1c(-c2cc(F)cc(N3CCN(c4ccc(NSc5ccc(NCCSc6ccccc6)c(OC(F)(F)F)c5)cc4)CC3)c2)c(-c2ccc(Cl)cc2)n(C(C)C)c1C. The van der Waals surface area contributed by atoms with E-state index in [-0.39, 0.29) is 23.3 Å². The van der Waals surface area contributed by atoms with Crippen molar-refractivity contribution in [3.05, 3.63) is 132 Å². The summed E-state index contributed by atoms with van der Waals surface area (Å²) in [5, 5.41) is 3.75. The standard InChI is InChI=1S/C46H46ClF4N5OS3/c1-30(2)56-31(3)45(58-4)43(44(56)32-10-12-34(47)13-11-32)33-26-35(48)28-38(27-33)55-23-21-54(22-24-55)37-16-14-36(15-17-37)53-60-40-18-19-41(42(29-40)57-46(49,50)51)52-20-25-59-39-8-6-5-7-9-39/h5-19,26-30,52-53H,20-25H2,1-4H3. The van der Waals surface area contributed by atoms with Gasteiger partial charge in [-0.2, -0.15) is 0 Å². The second-order valence-corrected chi connectivity index (χ2v) is 17.8. The minimum Gasteiger partial charge on any atom is -0.404 e. The Morgan fingerprint density at radius 2 is 1.47 bits per heavy atom. The Kier molecular flexibility index (Phi) is 14.1. The Labute approximate surface area is 367 Å². The number of piperazine rings is 1. The predicted molar refractivity (Wildman–Crippen MR) is 246 cm³/mol. The molecule has 0 bridgehead atoms. The summed E-state index contributed by atoms with van der Waals surface area (Å²) in [5.74, 6) is 0.115. The number of hydrogen-bond donors (Lipinski definition) is 2. The first-order chi connectivity index (χ1) is 28.9. The number of nitrogens with zero attached hydrogens (tertiary/aromatic N) is 3. The Morgan fingerprint density at radius 1 is 0.783 bits per heavy atom. The number of ether oxygens (including phenoxy) is 1. The van der Waals surface area contributed by atoms with Crippen LogP contribution in [0.25, 0.3) is 22.4 Å². The summed E-state index contributed by atoms with van der Waals surface area (Å²) in [5.41, 5.74) is 8.07. The first-order valence-electron chi connectivity index (χ1n) is 19.6. The van der Waals surface area contributed by atoms with Crippen LogP contribution < -0.4 is 24.6 Å². The Balaban J connectivity index is 0.990. The molecule has 0 unspecified atom stereocenters. The minimum atomic E-state index is -4.83. The molecule has 0 amide bonds. The second-order valence-electron chi connectivity index (χ2n) is 14.5. The molecular weight excluding hydrogens is 846 g/mol. The predicted octanol–water partition coefficient (Wildman–Crippen LogP) is 13.8. The van der Waals surface area contributed by atoms with Gasteiger partial charge in [0.1, 0.15) is 5.82 Å². The van der Waals surface area contributed by atoms with Gasteiger partial charge in [0.15, 0.2) is 5.75 Å². The molecule has 6 aromatic rings. The van der Waals surface area contributed by atoms with Crippen molar-refractivity contribution in [2.75, 3.05) is 64.6 Å². The van der Waals surface area contributed by atoms with Crippen LogP contribution in [0.4, 0.5) is 40.3 Å². The maximum absolute atomic E-state index is 15.6. The van der Waals surface area contributed by atoms with Gasteiger partial charge in [-0.05, 0) is 135 Å². The van der Waals surface area contributed by atoms with Gasteiger partial charge < -0.3 is 29.1 Å². The van der Waals surface area contributed by atoms with Gasteiger partial charge in [0.25, 0.3) is 0 Å². The lowest BCUT2D eigenvalue weighted by Crippen LogP contribution is -2.46. The highest BCUT2D eigenvalue weighted by Crippen LogP contribution is 2.46. The maximum Gasteiger partial charge on any atom is 0.573 e. The van der Waals surface area contributed by atoms with Gasteiger partial charge in [0.05, 0.1) is 11.4 Å². The first kappa shape index (κ1) is 43.5. The summed E-state index contributed by atoms with van der Waals surface area (Å²) < 4.78 is 65.6. The van der Waals surface area contributed by atoms with Gasteiger partial charge in [-0.15, -0.1) is 36.7 Å². The van der Waals surface area contributed by atoms with Crippen LogP contribution in [-0.4, -0.2) is 55.7 Å². The third kappa shape index (κ3) is 10.7. The van der Waals surface area contributed by atoms with E-state index in [1.165, 1.54) is 18.0 Å². The first-order valence-corrected chi connectivity index (χ1v) is 23.0. The quantitative estimate of drug-likeness (QED) is 0.0458. The summed E-state index contributed by atoms with van der Waals surface area (Å²) in [6.45, 7) is 9.85. The third-order valence-corrected chi connectivity index (χ3v) is 13.2. The number of benzene rings is 5. The number of anilines is 4. The van der Waals surface area contributed by atoms with Crippen molar-refractivity contribution in [2.24, 2.45) is 0 Å². The largest absolute Gasteiger partial charge is 0.573 e. The molecule has 6 nitrogen and oxygen atoms in total. The molecule has 0 radical (unpaired) electrons. The number of hydrogen-bond acceptors (Lipinski definition) is 8. The fourth-order valence-corrected chi connectivity index (χ4v) is 9.92. The fourth-order valence-electron chi connectivity index (χ4n) is 7.51. The molecule has 1 fully saturated rings. The Morgan fingerprint density at radius 3 is 2.12 bits per heavy atom. The van der Waals surface area contributed by atoms with Crippen LogP contribution in [0.15, 0.2) is 130 Å². The van der Waals surface area contributed by atoms with Crippen LogP contribution in [0.5, 0.6) is 5.75 Å². The minimum absolute atomic E-state index is 0.190. The van der Waals surface area contributed by atoms with Crippen molar-refractivity contribution in [2.45, 2.75) is 47.9 Å². The molecule has 1 aliphatic heterocycles. The van der Waals surface area contributed by atoms with E-state index in [0.717, 1.165) is 68.0 Å².